The maximum atomic E-state index is 13.1. The largest absolute Gasteiger partial charge is 0.325 e. The number of carbonyl (C=O) groups is 1. The van der Waals surface area contributed by atoms with Crippen LogP contribution in [-0.4, -0.2) is 23.9 Å². The highest BCUT2D eigenvalue weighted by atomic mass is 32.1. The average molecular weight is 322 g/mol. The number of thiophene rings is 1. The number of carbonyl (C=O) groups excluding carboxylic acids is 1. The highest BCUT2D eigenvalue weighted by molar-refractivity contribution is 7.10. The summed E-state index contributed by atoms with van der Waals surface area (Å²) in [5.74, 6) is -1.68. The third-order valence-corrected chi connectivity index (χ3v) is 4.89. The van der Waals surface area contributed by atoms with E-state index >= 15 is 0 Å². The van der Waals surface area contributed by atoms with Crippen molar-refractivity contribution >= 4 is 22.9 Å². The molecule has 2 heterocycles. The summed E-state index contributed by atoms with van der Waals surface area (Å²) in [6.07, 6.45) is 0.930. The molecule has 1 unspecified atom stereocenters. The van der Waals surface area contributed by atoms with Crippen LogP contribution in [0.1, 0.15) is 23.4 Å². The van der Waals surface area contributed by atoms with E-state index in [9.17, 15) is 13.6 Å². The molecule has 0 saturated heterocycles. The number of rotatable bonds is 3. The van der Waals surface area contributed by atoms with E-state index in [-0.39, 0.29) is 24.2 Å². The van der Waals surface area contributed by atoms with Gasteiger partial charge < -0.3 is 5.32 Å². The smallest absolute Gasteiger partial charge is 0.238 e. The molecule has 1 aliphatic rings. The Balaban J connectivity index is 1.65. The molecule has 0 bridgehead atoms. The zero-order chi connectivity index (χ0) is 15.7. The molecule has 3 rings (SSSR count). The van der Waals surface area contributed by atoms with Crippen molar-refractivity contribution in [2.75, 3.05) is 18.4 Å². The Morgan fingerprint density at radius 2 is 2.09 bits per heavy atom. The molecule has 1 atom stereocenters. The third-order valence-electron chi connectivity index (χ3n) is 3.90. The molecule has 0 aliphatic carbocycles. The first-order valence-electron chi connectivity index (χ1n) is 7.09. The van der Waals surface area contributed by atoms with Crippen molar-refractivity contribution in [1.82, 2.24) is 4.90 Å². The highest BCUT2D eigenvalue weighted by Gasteiger charge is 2.26. The average Bonchev–Trinajstić information content (AvgIpc) is 2.90. The summed E-state index contributed by atoms with van der Waals surface area (Å²) in [5.41, 5.74) is 1.41. The fourth-order valence-corrected chi connectivity index (χ4v) is 3.75. The molecular formula is C16H16F2N2OS. The summed E-state index contributed by atoms with van der Waals surface area (Å²) in [6.45, 7) is 3.08. The van der Waals surface area contributed by atoms with E-state index in [0.717, 1.165) is 31.2 Å². The third kappa shape index (κ3) is 3.18. The number of nitrogens with zero attached hydrogens (tertiary/aromatic N) is 1. The molecule has 1 amide bonds. The van der Waals surface area contributed by atoms with Crippen LogP contribution in [0.3, 0.4) is 0 Å². The van der Waals surface area contributed by atoms with Gasteiger partial charge in [-0.2, -0.15) is 0 Å². The molecule has 0 spiro atoms. The van der Waals surface area contributed by atoms with Gasteiger partial charge in [0, 0.05) is 29.2 Å². The quantitative estimate of drug-likeness (QED) is 0.937. The SMILES string of the molecule is CC1c2ccsc2CCN1CC(=O)Nc1cc(F)cc(F)c1. The van der Waals surface area contributed by atoms with Crippen LogP contribution in [0.15, 0.2) is 29.6 Å². The van der Waals surface area contributed by atoms with Gasteiger partial charge in [-0.25, -0.2) is 8.78 Å². The van der Waals surface area contributed by atoms with Crippen LogP contribution < -0.4 is 5.32 Å². The Morgan fingerprint density at radius 3 is 2.82 bits per heavy atom. The van der Waals surface area contributed by atoms with Gasteiger partial charge in [0.1, 0.15) is 11.6 Å². The van der Waals surface area contributed by atoms with Gasteiger partial charge in [0.2, 0.25) is 5.91 Å². The molecule has 1 aliphatic heterocycles. The number of hydrogen-bond acceptors (Lipinski definition) is 3. The first kappa shape index (κ1) is 15.1. The lowest BCUT2D eigenvalue weighted by atomic mass is 10.0. The van der Waals surface area contributed by atoms with Gasteiger partial charge in [-0.3, -0.25) is 9.69 Å². The summed E-state index contributed by atoms with van der Waals surface area (Å²) < 4.78 is 26.3. The minimum atomic E-state index is -0.704. The molecule has 6 heteroatoms. The molecular weight excluding hydrogens is 306 g/mol. The number of hydrogen-bond donors (Lipinski definition) is 1. The van der Waals surface area contributed by atoms with E-state index in [1.54, 1.807) is 11.3 Å². The predicted octanol–water partition coefficient (Wildman–Crippen LogP) is 3.58. The summed E-state index contributed by atoms with van der Waals surface area (Å²) in [5, 5.41) is 4.62. The van der Waals surface area contributed by atoms with Crippen LogP contribution in [0, 0.1) is 11.6 Å². The van der Waals surface area contributed by atoms with E-state index in [4.69, 9.17) is 0 Å². The first-order chi connectivity index (χ1) is 10.5. The monoisotopic (exact) mass is 322 g/mol. The lowest BCUT2D eigenvalue weighted by Gasteiger charge is -2.32. The number of anilines is 1. The molecule has 1 aromatic carbocycles. The van der Waals surface area contributed by atoms with Crippen molar-refractivity contribution in [3.63, 3.8) is 0 Å². The molecule has 1 aromatic heterocycles. The standard InChI is InChI=1S/C16H16F2N2OS/c1-10-14-3-5-22-15(14)2-4-20(10)9-16(21)19-13-7-11(17)6-12(18)8-13/h3,5-8,10H,2,4,9H2,1H3,(H,19,21). The minimum absolute atomic E-state index is 0.142. The summed E-state index contributed by atoms with van der Waals surface area (Å²) in [6, 6.07) is 5.26. The second kappa shape index (κ2) is 6.14. The van der Waals surface area contributed by atoms with E-state index in [2.05, 4.69) is 28.6 Å². The van der Waals surface area contributed by atoms with Crippen molar-refractivity contribution in [3.8, 4) is 0 Å². The summed E-state index contributed by atoms with van der Waals surface area (Å²) in [7, 11) is 0. The van der Waals surface area contributed by atoms with Gasteiger partial charge in [0.25, 0.3) is 0 Å². The van der Waals surface area contributed by atoms with Crippen molar-refractivity contribution in [1.29, 1.82) is 0 Å². The van der Waals surface area contributed by atoms with E-state index in [1.165, 1.54) is 10.4 Å². The Bertz CT molecular complexity index is 681. The Labute approximate surface area is 131 Å². The maximum absolute atomic E-state index is 13.1. The van der Waals surface area contributed by atoms with Crippen LogP contribution in [0.2, 0.25) is 0 Å². The summed E-state index contributed by atoms with van der Waals surface area (Å²) >= 11 is 1.75. The first-order valence-corrected chi connectivity index (χ1v) is 7.97. The fraction of sp³-hybridized carbons (Fsp3) is 0.312. The normalized spacial score (nSPS) is 18.0. The number of amides is 1. The molecule has 0 radical (unpaired) electrons. The van der Waals surface area contributed by atoms with Crippen LogP contribution >= 0.6 is 11.3 Å². The summed E-state index contributed by atoms with van der Waals surface area (Å²) in [4.78, 5) is 15.5. The Morgan fingerprint density at radius 1 is 1.36 bits per heavy atom. The topological polar surface area (TPSA) is 32.3 Å². The number of halogens is 2. The van der Waals surface area contributed by atoms with E-state index in [1.807, 2.05) is 0 Å². The number of nitrogens with one attached hydrogen (secondary N) is 1. The molecule has 116 valence electrons. The van der Waals surface area contributed by atoms with Crippen molar-refractivity contribution in [2.45, 2.75) is 19.4 Å². The molecule has 1 N–H and O–H groups in total. The molecule has 0 fully saturated rings. The van der Waals surface area contributed by atoms with Crippen LogP contribution in [-0.2, 0) is 11.2 Å². The van der Waals surface area contributed by atoms with Gasteiger partial charge in [0.15, 0.2) is 0 Å². The van der Waals surface area contributed by atoms with E-state index < -0.39 is 11.6 Å². The predicted molar refractivity (Wildman–Crippen MR) is 83.0 cm³/mol. The Kier molecular flexibility index (Phi) is 4.22. The van der Waals surface area contributed by atoms with Gasteiger partial charge in [-0.15, -0.1) is 11.3 Å². The van der Waals surface area contributed by atoms with Gasteiger partial charge in [-0.1, -0.05) is 0 Å². The highest BCUT2D eigenvalue weighted by Crippen LogP contribution is 2.32. The lowest BCUT2D eigenvalue weighted by molar-refractivity contribution is -0.117. The molecule has 22 heavy (non-hydrogen) atoms. The fourth-order valence-electron chi connectivity index (χ4n) is 2.79. The van der Waals surface area contributed by atoms with Gasteiger partial charge in [0.05, 0.1) is 6.54 Å². The van der Waals surface area contributed by atoms with Crippen molar-refractivity contribution in [2.24, 2.45) is 0 Å². The van der Waals surface area contributed by atoms with E-state index in [0.29, 0.717) is 0 Å². The van der Waals surface area contributed by atoms with Crippen molar-refractivity contribution < 1.29 is 13.6 Å². The van der Waals surface area contributed by atoms with Crippen molar-refractivity contribution in [3.05, 3.63) is 51.7 Å². The number of benzene rings is 1. The van der Waals surface area contributed by atoms with Crippen LogP contribution in [0.5, 0.6) is 0 Å². The second-order valence-electron chi connectivity index (χ2n) is 5.40. The maximum Gasteiger partial charge on any atom is 0.238 e. The van der Waals surface area contributed by atoms with Crippen LogP contribution in [0.25, 0.3) is 0 Å². The molecule has 3 nitrogen and oxygen atoms in total. The minimum Gasteiger partial charge on any atom is -0.325 e. The van der Waals surface area contributed by atoms with Gasteiger partial charge >= 0.3 is 0 Å². The Hall–Kier alpha value is -1.79. The second-order valence-corrected chi connectivity index (χ2v) is 6.40. The lowest BCUT2D eigenvalue weighted by Crippen LogP contribution is -2.39. The zero-order valence-corrected chi connectivity index (χ0v) is 12.9. The zero-order valence-electron chi connectivity index (χ0n) is 12.1. The molecule has 0 saturated carbocycles. The van der Waals surface area contributed by atoms with Crippen LogP contribution in [0.4, 0.5) is 14.5 Å². The number of fused-ring (bicyclic) bond motifs is 1. The van der Waals surface area contributed by atoms with Gasteiger partial charge in [-0.05, 0) is 42.5 Å². The molecule has 2 aromatic rings.